The van der Waals surface area contributed by atoms with Gasteiger partial charge in [-0.1, -0.05) is 0 Å². The molecule has 0 aromatic heterocycles. The summed E-state index contributed by atoms with van der Waals surface area (Å²) >= 11 is -4.37. The summed E-state index contributed by atoms with van der Waals surface area (Å²) in [5.41, 5.74) is -0.960. The van der Waals surface area contributed by atoms with Crippen molar-refractivity contribution in [1.29, 1.82) is 0 Å². The Labute approximate surface area is 135 Å². The minimum atomic E-state index is -4.37. The molecule has 0 heterocycles. The van der Waals surface area contributed by atoms with Crippen molar-refractivity contribution >= 4 is 17.2 Å². The van der Waals surface area contributed by atoms with Crippen molar-refractivity contribution in [2.75, 3.05) is 0 Å². The van der Waals surface area contributed by atoms with E-state index in [2.05, 4.69) is 6.92 Å². The van der Waals surface area contributed by atoms with Gasteiger partial charge >= 0.3 is 135 Å². The van der Waals surface area contributed by atoms with Crippen molar-refractivity contribution < 1.29 is 12.8 Å². The van der Waals surface area contributed by atoms with Gasteiger partial charge < -0.3 is 0 Å². The molecule has 0 amide bonds. The molecule has 0 spiro atoms. The molecule has 4 heteroatoms. The standard InChI is InChI=1S/C18H26O3Se/c1-2-3-13-18(19)14-9-5-8-12-17(15-18)22(20,21)16-10-6-4-7-11-16/h4,6-7,10-11,15,19H,2-3,5,8-9,12-14H2,1H3. The number of rotatable bonds is 5. The predicted molar refractivity (Wildman–Crippen MR) is 88.8 cm³/mol. The van der Waals surface area contributed by atoms with Gasteiger partial charge in [0.2, 0.25) is 0 Å². The summed E-state index contributed by atoms with van der Waals surface area (Å²) in [7, 11) is 0. The van der Waals surface area contributed by atoms with Gasteiger partial charge in [0.05, 0.1) is 0 Å². The monoisotopic (exact) mass is 370 g/mol. The third-order valence-electron chi connectivity index (χ3n) is 4.32. The molecular formula is C18H26O3Se. The second-order valence-electron chi connectivity index (χ2n) is 6.19. The van der Waals surface area contributed by atoms with Gasteiger partial charge in [-0.15, -0.1) is 0 Å². The van der Waals surface area contributed by atoms with E-state index in [1.165, 1.54) is 0 Å². The molecule has 22 heavy (non-hydrogen) atoms. The average molecular weight is 369 g/mol. The first kappa shape index (κ1) is 17.4. The molecule has 1 unspecified atom stereocenters. The third-order valence-corrected chi connectivity index (χ3v) is 8.32. The molecule has 1 aromatic rings. The van der Waals surface area contributed by atoms with Crippen LogP contribution in [0.5, 0.6) is 0 Å². The SMILES string of the molecule is CCCCC1(O)C=C([Se](=O)(=O)c2ccccc2)CCCCC1. The zero-order valence-electron chi connectivity index (χ0n) is 13.3. The molecule has 0 saturated heterocycles. The van der Waals surface area contributed by atoms with Crippen molar-refractivity contribution in [2.24, 2.45) is 0 Å². The van der Waals surface area contributed by atoms with Crippen LogP contribution < -0.4 is 4.46 Å². The maximum absolute atomic E-state index is 12.9. The fraction of sp³-hybridized carbons (Fsp3) is 0.556. The van der Waals surface area contributed by atoms with Gasteiger partial charge in [0.1, 0.15) is 0 Å². The van der Waals surface area contributed by atoms with E-state index in [-0.39, 0.29) is 0 Å². The molecule has 1 aliphatic carbocycles. The topological polar surface area (TPSA) is 54.4 Å². The van der Waals surface area contributed by atoms with E-state index >= 15 is 0 Å². The number of benzene rings is 1. The molecule has 1 atom stereocenters. The summed E-state index contributed by atoms with van der Waals surface area (Å²) in [6, 6.07) is 8.64. The molecule has 122 valence electrons. The summed E-state index contributed by atoms with van der Waals surface area (Å²) < 4.78 is 26.7. The first-order valence-corrected chi connectivity index (χ1v) is 11.3. The first-order chi connectivity index (χ1) is 10.5. The van der Waals surface area contributed by atoms with Crippen LogP contribution >= 0.6 is 0 Å². The van der Waals surface area contributed by atoms with Gasteiger partial charge in [0.15, 0.2) is 0 Å². The summed E-state index contributed by atoms with van der Waals surface area (Å²) in [6.45, 7) is 2.09. The van der Waals surface area contributed by atoms with Crippen molar-refractivity contribution in [2.45, 2.75) is 63.9 Å². The van der Waals surface area contributed by atoms with E-state index in [4.69, 9.17) is 0 Å². The van der Waals surface area contributed by atoms with Gasteiger partial charge in [-0.25, -0.2) is 0 Å². The van der Waals surface area contributed by atoms with E-state index in [9.17, 15) is 12.8 Å². The van der Waals surface area contributed by atoms with Crippen LogP contribution in [0.2, 0.25) is 0 Å². The summed E-state index contributed by atoms with van der Waals surface area (Å²) in [5, 5.41) is 10.9. The van der Waals surface area contributed by atoms with Crippen LogP contribution in [0, 0.1) is 0 Å². The zero-order chi connectivity index (χ0) is 16.1. The number of hydrogen-bond acceptors (Lipinski definition) is 3. The Kier molecular flexibility index (Phi) is 5.96. The van der Waals surface area contributed by atoms with Gasteiger partial charge in [-0.05, 0) is 0 Å². The maximum atomic E-state index is 12.9. The molecule has 0 radical (unpaired) electrons. The summed E-state index contributed by atoms with van der Waals surface area (Å²) in [4.78, 5) is 0. The van der Waals surface area contributed by atoms with E-state index in [0.717, 1.165) is 32.1 Å². The van der Waals surface area contributed by atoms with Crippen LogP contribution in [0.15, 0.2) is 40.9 Å². The van der Waals surface area contributed by atoms with Gasteiger partial charge in [-0.3, -0.25) is 0 Å². The Hall–Kier alpha value is -0.961. The quantitative estimate of drug-likeness (QED) is 0.808. The van der Waals surface area contributed by atoms with Crippen LogP contribution in [0.3, 0.4) is 0 Å². The zero-order valence-corrected chi connectivity index (χ0v) is 15.0. The van der Waals surface area contributed by atoms with Crippen molar-refractivity contribution in [1.82, 2.24) is 0 Å². The normalized spacial score (nSPS) is 23.5. The first-order valence-electron chi connectivity index (χ1n) is 8.22. The predicted octanol–water partition coefficient (Wildman–Crippen LogP) is 3.55. The second-order valence-corrected chi connectivity index (χ2v) is 10.4. The molecule has 1 aliphatic rings. The average Bonchev–Trinajstić information content (AvgIpc) is 2.50. The van der Waals surface area contributed by atoms with Gasteiger partial charge in [0, 0.05) is 0 Å². The molecular weight excluding hydrogens is 343 g/mol. The molecule has 0 aliphatic heterocycles. The molecule has 0 fully saturated rings. The third kappa shape index (κ3) is 4.28. The fourth-order valence-corrected chi connectivity index (χ4v) is 6.36. The van der Waals surface area contributed by atoms with Crippen molar-refractivity contribution in [3.63, 3.8) is 0 Å². The van der Waals surface area contributed by atoms with E-state index < -0.39 is 18.3 Å². The van der Waals surface area contributed by atoms with Crippen LogP contribution in [0.1, 0.15) is 58.3 Å². The van der Waals surface area contributed by atoms with Crippen molar-refractivity contribution in [3.8, 4) is 0 Å². The Bertz CT molecular complexity index is 604. The van der Waals surface area contributed by atoms with E-state index in [0.29, 0.717) is 28.2 Å². The second kappa shape index (κ2) is 7.54. The molecule has 1 aromatic carbocycles. The van der Waals surface area contributed by atoms with Crippen LogP contribution in [0.4, 0.5) is 0 Å². The van der Waals surface area contributed by atoms with Crippen LogP contribution in [-0.2, 0) is 7.67 Å². The van der Waals surface area contributed by atoms with Gasteiger partial charge in [-0.2, -0.15) is 0 Å². The Morgan fingerprint density at radius 1 is 1.14 bits per heavy atom. The molecule has 2 rings (SSSR count). The Morgan fingerprint density at radius 2 is 1.86 bits per heavy atom. The number of aliphatic hydroxyl groups is 1. The summed E-state index contributed by atoms with van der Waals surface area (Å²) in [5.74, 6) is 0. The number of allylic oxidation sites excluding steroid dienone is 1. The van der Waals surface area contributed by atoms with Crippen molar-refractivity contribution in [3.05, 3.63) is 40.9 Å². The number of unbranched alkanes of at least 4 members (excludes halogenated alkanes) is 1. The Balaban J connectivity index is 2.38. The number of hydrogen-bond donors (Lipinski definition) is 1. The van der Waals surface area contributed by atoms with E-state index in [1.807, 2.05) is 6.07 Å². The molecule has 0 saturated carbocycles. The van der Waals surface area contributed by atoms with Crippen LogP contribution in [-0.4, -0.2) is 23.4 Å². The van der Waals surface area contributed by atoms with Gasteiger partial charge in [0.25, 0.3) is 0 Å². The minimum absolute atomic E-state index is 0.392. The Morgan fingerprint density at radius 3 is 2.55 bits per heavy atom. The fourth-order valence-electron chi connectivity index (χ4n) is 2.99. The summed E-state index contributed by atoms with van der Waals surface area (Å²) in [6.07, 6.45) is 8.28. The molecule has 1 N–H and O–H groups in total. The van der Waals surface area contributed by atoms with E-state index in [1.54, 1.807) is 30.3 Å². The van der Waals surface area contributed by atoms with Crippen LogP contribution in [0.25, 0.3) is 0 Å². The molecule has 3 nitrogen and oxygen atoms in total. The molecule has 0 bridgehead atoms.